The summed E-state index contributed by atoms with van der Waals surface area (Å²) in [4.78, 5) is 0. The molecule has 4 heteroatoms. The maximum Gasteiger partial charge on any atom is 0.123 e. The lowest BCUT2D eigenvalue weighted by atomic mass is 10.0. The fraction of sp³-hybridized carbons (Fsp3) is 0. The van der Waals surface area contributed by atoms with Gasteiger partial charge >= 0.3 is 0 Å². The number of benzene rings is 2. The van der Waals surface area contributed by atoms with E-state index in [1.807, 2.05) is 6.07 Å². The first-order valence-electron chi connectivity index (χ1n) is 4.62. The monoisotopic (exact) mass is 253 g/mol. The Morgan fingerprint density at radius 2 is 1.69 bits per heavy atom. The van der Waals surface area contributed by atoms with Crippen LogP contribution in [0.4, 0.5) is 5.69 Å². The highest BCUT2D eigenvalue weighted by molar-refractivity contribution is 6.37. The Kier molecular flexibility index (Phi) is 2.95. The molecule has 0 aliphatic carbocycles. The van der Waals surface area contributed by atoms with Gasteiger partial charge in [-0.05, 0) is 18.2 Å². The number of rotatable bonds is 1. The first kappa shape index (κ1) is 11.1. The molecule has 2 aromatic rings. The summed E-state index contributed by atoms with van der Waals surface area (Å²) in [7, 11) is 0. The lowest BCUT2D eigenvalue weighted by Gasteiger charge is -2.09. The summed E-state index contributed by atoms with van der Waals surface area (Å²) >= 11 is 11.8. The van der Waals surface area contributed by atoms with Crippen molar-refractivity contribution >= 4 is 28.9 Å². The van der Waals surface area contributed by atoms with Crippen molar-refractivity contribution in [1.29, 1.82) is 0 Å². The van der Waals surface area contributed by atoms with Gasteiger partial charge in [0, 0.05) is 16.1 Å². The van der Waals surface area contributed by atoms with E-state index in [1.54, 1.807) is 30.3 Å². The minimum atomic E-state index is 0.146. The van der Waals surface area contributed by atoms with E-state index in [-0.39, 0.29) is 5.75 Å². The van der Waals surface area contributed by atoms with Gasteiger partial charge in [0.05, 0.1) is 10.7 Å². The zero-order valence-electron chi connectivity index (χ0n) is 8.24. The Morgan fingerprint density at radius 3 is 2.38 bits per heavy atom. The molecule has 0 radical (unpaired) electrons. The zero-order valence-corrected chi connectivity index (χ0v) is 9.76. The van der Waals surface area contributed by atoms with Crippen molar-refractivity contribution in [3.8, 4) is 16.9 Å². The molecule has 16 heavy (non-hydrogen) atoms. The molecule has 2 rings (SSSR count). The number of halogens is 2. The molecule has 0 saturated carbocycles. The number of phenolic OH excluding ortho intramolecular Hbond substituents is 1. The Morgan fingerprint density at radius 1 is 1.00 bits per heavy atom. The lowest BCUT2D eigenvalue weighted by Crippen LogP contribution is -1.91. The van der Waals surface area contributed by atoms with Crippen LogP contribution in [0, 0.1) is 0 Å². The van der Waals surface area contributed by atoms with E-state index in [4.69, 9.17) is 28.9 Å². The minimum absolute atomic E-state index is 0.146. The van der Waals surface area contributed by atoms with E-state index in [2.05, 4.69) is 0 Å². The van der Waals surface area contributed by atoms with Gasteiger partial charge in [-0.1, -0.05) is 41.4 Å². The highest BCUT2D eigenvalue weighted by Crippen LogP contribution is 2.38. The third-order valence-electron chi connectivity index (χ3n) is 2.29. The van der Waals surface area contributed by atoms with Gasteiger partial charge in [0.1, 0.15) is 5.75 Å². The SMILES string of the molecule is Nc1c(Cl)cc(Cl)cc1-c1ccccc1O. The summed E-state index contributed by atoms with van der Waals surface area (Å²) in [5, 5.41) is 10.6. The number of anilines is 1. The Labute approximate surface area is 103 Å². The predicted octanol–water partition coefficient (Wildman–Crippen LogP) is 3.95. The molecule has 0 atom stereocenters. The van der Waals surface area contributed by atoms with E-state index in [9.17, 15) is 5.11 Å². The highest BCUT2D eigenvalue weighted by atomic mass is 35.5. The quantitative estimate of drug-likeness (QED) is 0.757. The first-order chi connectivity index (χ1) is 7.59. The fourth-order valence-corrected chi connectivity index (χ4v) is 2.00. The first-order valence-corrected chi connectivity index (χ1v) is 5.38. The van der Waals surface area contributed by atoms with E-state index >= 15 is 0 Å². The van der Waals surface area contributed by atoms with Crippen LogP contribution >= 0.6 is 23.2 Å². The molecule has 0 aromatic heterocycles. The van der Waals surface area contributed by atoms with E-state index < -0.39 is 0 Å². The largest absolute Gasteiger partial charge is 0.507 e. The van der Waals surface area contributed by atoms with E-state index in [0.717, 1.165) is 0 Å². The molecule has 0 unspecified atom stereocenters. The van der Waals surface area contributed by atoms with Gasteiger partial charge in [-0.2, -0.15) is 0 Å². The molecule has 0 fully saturated rings. The molecule has 2 nitrogen and oxygen atoms in total. The fourth-order valence-electron chi connectivity index (χ4n) is 1.51. The number of nitrogens with two attached hydrogens (primary N) is 1. The van der Waals surface area contributed by atoms with E-state index in [1.165, 1.54) is 0 Å². The molecule has 82 valence electrons. The molecule has 0 amide bonds. The molecule has 0 spiro atoms. The maximum atomic E-state index is 9.73. The molecule has 0 saturated heterocycles. The molecular weight excluding hydrogens is 245 g/mol. The number of phenols is 1. The van der Waals surface area contributed by atoms with Crippen LogP contribution < -0.4 is 5.73 Å². The van der Waals surface area contributed by atoms with Crippen LogP contribution in [0.25, 0.3) is 11.1 Å². The molecule has 3 N–H and O–H groups in total. The van der Waals surface area contributed by atoms with Crippen LogP contribution in [0.3, 0.4) is 0 Å². The van der Waals surface area contributed by atoms with Gasteiger partial charge in [-0.3, -0.25) is 0 Å². The minimum Gasteiger partial charge on any atom is -0.507 e. The average molecular weight is 254 g/mol. The van der Waals surface area contributed by atoms with Crippen LogP contribution in [-0.2, 0) is 0 Å². The lowest BCUT2D eigenvalue weighted by molar-refractivity contribution is 0.477. The molecule has 0 aliphatic heterocycles. The maximum absolute atomic E-state index is 9.73. The smallest absolute Gasteiger partial charge is 0.123 e. The van der Waals surface area contributed by atoms with Crippen LogP contribution in [-0.4, -0.2) is 5.11 Å². The Balaban J connectivity index is 2.69. The second kappa shape index (κ2) is 4.24. The summed E-state index contributed by atoms with van der Waals surface area (Å²) in [6, 6.07) is 10.1. The Hall–Kier alpha value is -1.38. The van der Waals surface area contributed by atoms with Crippen molar-refractivity contribution in [2.24, 2.45) is 0 Å². The zero-order chi connectivity index (χ0) is 11.7. The van der Waals surface area contributed by atoms with Crippen molar-refractivity contribution in [2.75, 3.05) is 5.73 Å². The van der Waals surface area contributed by atoms with Crippen molar-refractivity contribution in [3.63, 3.8) is 0 Å². The Bertz CT molecular complexity index is 541. The van der Waals surface area contributed by atoms with Crippen molar-refractivity contribution in [1.82, 2.24) is 0 Å². The van der Waals surface area contributed by atoms with E-state index in [0.29, 0.717) is 26.9 Å². The molecule has 2 aromatic carbocycles. The predicted molar refractivity (Wildman–Crippen MR) is 68.0 cm³/mol. The summed E-state index contributed by atoms with van der Waals surface area (Å²) in [5.41, 5.74) is 7.51. The molecule has 0 aliphatic rings. The number of para-hydroxylation sites is 1. The third kappa shape index (κ3) is 1.94. The van der Waals surface area contributed by atoms with Crippen molar-refractivity contribution in [2.45, 2.75) is 0 Å². The summed E-state index contributed by atoms with van der Waals surface area (Å²) in [5.74, 6) is 0.146. The second-order valence-corrected chi connectivity index (χ2v) is 4.21. The van der Waals surface area contributed by atoms with Crippen LogP contribution in [0.15, 0.2) is 36.4 Å². The van der Waals surface area contributed by atoms with Gasteiger partial charge < -0.3 is 10.8 Å². The number of aromatic hydroxyl groups is 1. The van der Waals surface area contributed by atoms with Gasteiger partial charge in [0.25, 0.3) is 0 Å². The van der Waals surface area contributed by atoms with Gasteiger partial charge in [0.2, 0.25) is 0 Å². The summed E-state index contributed by atoms with van der Waals surface area (Å²) in [6.45, 7) is 0. The number of hydrogen-bond acceptors (Lipinski definition) is 2. The topological polar surface area (TPSA) is 46.2 Å². The van der Waals surface area contributed by atoms with Gasteiger partial charge in [0.15, 0.2) is 0 Å². The number of nitrogen functional groups attached to an aromatic ring is 1. The third-order valence-corrected chi connectivity index (χ3v) is 2.82. The van der Waals surface area contributed by atoms with Crippen LogP contribution in [0.2, 0.25) is 10.0 Å². The van der Waals surface area contributed by atoms with Crippen molar-refractivity contribution < 1.29 is 5.11 Å². The summed E-state index contributed by atoms with van der Waals surface area (Å²) in [6.07, 6.45) is 0. The summed E-state index contributed by atoms with van der Waals surface area (Å²) < 4.78 is 0. The number of hydrogen-bond donors (Lipinski definition) is 2. The molecule has 0 heterocycles. The molecular formula is C12H9Cl2NO. The van der Waals surface area contributed by atoms with Crippen molar-refractivity contribution in [3.05, 3.63) is 46.4 Å². The average Bonchev–Trinajstić information content (AvgIpc) is 2.24. The van der Waals surface area contributed by atoms with Crippen LogP contribution in [0.1, 0.15) is 0 Å². The highest BCUT2D eigenvalue weighted by Gasteiger charge is 2.10. The molecule has 0 bridgehead atoms. The van der Waals surface area contributed by atoms with Gasteiger partial charge in [-0.15, -0.1) is 0 Å². The van der Waals surface area contributed by atoms with Crippen LogP contribution in [0.5, 0.6) is 5.75 Å². The second-order valence-electron chi connectivity index (χ2n) is 3.37. The standard InChI is InChI=1S/C12H9Cl2NO/c13-7-5-9(12(15)10(14)6-7)8-3-1-2-4-11(8)16/h1-6,16H,15H2. The normalized spacial score (nSPS) is 10.4. The van der Waals surface area contributed by atoms with Gasteiger partial charge in [-0.25, -0.2) is 0 Å².